The van der Waals surface area contributed by atoms with Gasteiger partial charge >= 0.3 is 0 Å². The van der Waals surface area contributed by atoms with E-state index in [2.05, 4.69) is 36.9 Å². The molecular formula is C8H18N2S2. The van der Waals surface area contributed by atoms with Gasteiger partial charge in [-0.25, -0.2) is 0 Å². The van der Waals surface area contributed by atoms with Crippen molar-refractivity contribution in [2.45, 2.75) is 19.3 Å². The third-order valence-electron chi connectivity index (χ3n) is 1.56. The Kier molecular flexibility index (Phi) is 7.96. The lowest BCUT2D eigenvalue weighted by molar-refractivity contribution is 0.391. The van der Waals surface area contributed by atoms with E-state index in [1.807, 2.05) is 0 Å². The van der Waals surface area contributed by atoms with Gasteiger partial charge in [-0.05, 0) is 33.5 Å². The van der Waals surface area contributed by atoms with E-state index in [9.17, 15) is 0 Å². The summed E-state index contributed by atoms with van der Waals surface area (Å²) in [6.45, 7) is 2.13. The Labute approximate surface area is 86.1 Å². The first-order valence-electron chi connectivity index (χ1n) is 4.24. The largest absolute Gasteiger partial charge is 0.371 e. The van der Waals surface area contributed by atoms with Crippen LogP contribution in [0.15, 0.2) is 0 Å². The molecule has 0 amide bonds. The van der Waals surface area contributed by atoms with Crippen LogP contribution in [0.3, 0.4) is 0 Å². The molecule has 0 unspecified atom stereocenters. The molecular weight excluding hydrogens is 188 g/mol. The molecule has 0 spiro atoms. The van der Waals surface area contributed by atoms with Crippen LogP contribution in [-0.2, 0) is 0 Å². The van der Waals surface area contributed by atoms with Crippen LogP contribution in [0.4, 0.5) is 0 Å². The molecule has 0 aromatic carbocycles. The highest BCUT2D eigenvalue weighted by Gasteiger charge is 1.91. The highest BCUT2D eigenvalue weighted by Crippen LogP contribution is 1.95. The molecule has 0 radical (unpaired) electrons. The number of thiocarbonyl (C=S) groups is 1. The van der Waals surface area contributed by atoms with Gasteiger partial charge in [0.05, 0.1) is 0 Å². The molecule has 0 fully saturated rings. The minimum atomic E-state index is 0.600. The van der Waals surface area contributed by atoms with E-state index in [0.29, 0.717) is 4.32 Å². The SMILES string of the molecule is CN(C)CCCCCNC(=S)S. The summed E-state index contributed by atoms with van der Waals surface area (Å²) in [4.78, 5) is 2.21. The number of hydrogen-bond acceptors (Lipinski definition) is 2. The van der Waals surface area contributed by atoms with Gasteiger partial charge in [-0.1, -0.05) is 18.6 Å². The van der Waals surface area contributed by atoms with Crippen LogP contribution in [0, 0.1) is 0 Å². The molecule has 0 rings (SSSR count). The number of thiol groups is 1. The lowest BCUT2D eigenvalue weighted by Crippen LogP contribution is -2.18. The molecule has 0 atom stereocenters. The van der Waals surface area contributed by atoms with E-state index in [1.165, 1.54) is 25.8 Å². The molecule has 1 N–H and O–H groups in total. The smallest absolute Gasteiger partial charge is 0.130 e. The Hall–Kier alpha value is 0.200. The molecule has 0 aliphatic rings. The van der Waals surface area contributed by atoms with Crippen LogP contribution < -0.4 is 5.32 Å². The van der Waals surface area contributed by atoms with Crippen molar-refractivity contribution in [1.82, 2.24) is 10.2 Å². The second-order valence-corrected chi connectivity index (χ2v) is 4.25. The first-order valence-corrected chi connectivity index (χ1v) is 5.10. The van der Waals surface area contributed by atoms with Gasteiger partial charge in [0.15, 0.2) is 0 Å². The van der Waals surface area contributed by atoms with Gasteiger partial charge in [0, 0.05) is 6.54 Å². The Morgan fingerprint density at radius 2 is 2.00 bits per heavy atom. The standard InChI is InChI=1S/C8H18N2S2/c1-10(2)7-5-3-4-6-9-8(11)12/h3-7H2,1-2H3,(H2,9,11,12). The lowest BCUT2D eigenvalue weighted by Gasteiger charge is -2.08. The second kappa shape index (κ2) is 7.83. The normalized spacial score (nSPS) is 10.3. The molecule has 0 saturated heterocycles. The molecule has 72 valence electrons. The zero-order valence-corrected chi connectivity index (χ0v) is 9.55. The van der Waals surface area contributed by atoms with Crippen molar-refractivity contribution in [3.05, 3.63) is 0 Å². The minimum Gasteiger partial charge on any atom is -0.371 e. The first-order chi connectivity index (χ1) is 5.63. The molecule has 0 aliphatic carbocycles. The van der Waals surface area contributed by atoms with E-state index in [0.717, 1.165) is 6.54 Å². The van der Waals surface area contributed by atoms with Crippen LogP contribution in [0.1, 0.15) is 19.3 Å². The highest BCUT2D eigenvalue weighted by atomic mass is 32.1. The summed E-state index contributed by atoms with van der Waals surface area (Å²) in [5, 5.41) is 3.02. The summed E-state index contributed by atoms with van der Waals surface area (Å²) in [5.41, 5.74) is 0. The molecule has 0 bridgehead atoms. The van der Waals surface area contributed by atoms with E-state index in [4.69, 9.17) is 12.2 Å². The second-order valence-electron chi connectivity index (χ2n) is 3.10. The maximum Gasteiger partial charge on any atom is 0.130 e. The zero-order valence-electron chi connectivity index (χ0n) is 7.84. The Bertz CT molecular complexity index is 126. The highest BCUT2D eigenvalue weighted by molar-refractivity contribution is 8.11. The molecule has 4 heteroatoms. The lowest BCUT2D eigenvalue weighted by atomic mass is 10.2. The quantitative estimate of drug-likeness (QED) is 0.389. The van der Waals surface area contributed by atoms with E-state index in [1.54, 1.807) is 0 Å². The topological polar surface area (TPSA) is 15.3 Å². The van der Waals surface area contributed by atoms with E-state index >= 15 is 0 Å². The third-order valence-corrected chi connectivity index (χ3v) is 1.86. The van der Waals surface area contributed by atoms with Gasteiger partial charge in [-0.15, -0.1) is 12.6 Å². The fourth-order valence-corrected chi connectivity index (χ4v) is 1.14. The van der Waals surface area contributed by atoms with Crippen molar-refractivity contribution in [3.8, 4) is 0 Å². The van der Waals surface area contributed by atoms with Crippen LogP contribution in [0.25, 0.3) is 0 Å². The Morgan fingerprint density at radius 1 is 1.33 bits per heavy atom. The zero-order chi connectivity index (χ0) is 9.40. The van der Waals surface area contributed by atoms with Gasteiger partial charge in [-0.3, -0.25) is 0 Å². The third kappa shape index (κ3) is 10.2. The van der Waals surface area contributed by atoms with Crippen molar-refractivity contribution >= 4 is 29.2 Å². The van der Waals surface area contributed by atoms with Gasteiger partial charge < -0.3 is 10.2 Å². The minimum absolute atomic E-state index is 0.600. The monoisotopic (exact) mass is 206 g/mol. The van der Waals surface area contributed by atoms with Crippen molar-refractivity contribution in [1.29, 1.82) is 0 Å². The van der Waals surface area contributed by atoms with E-state index in [-0.39, 0.29) is 0 Å². The molecule has 2 nitrogen and oxygen atoms in total. The predicted molar refractivity (Wildman–Crippen MR) is 62.0 cm³/mol. The molecule has 0 aromatic rings. The maximum atomic E-state index is 4.76. The fraction of sp³-hybridized carbons (Fsp3) is 0.875. The molecule has 0 heterocycles. The molecule has 0 saturated carbocycles. The number of unbranched alkanes of at least 4 members (excludes halogenated alkanes) is 2. The number of nitrogens with zero attached hydrogens (tertiary/aromatic N) is 1. The van der Waals surface area contributed by atoms with E-state index < -0.39 is 0 Å². The molecule has 0 aliphatic heterocycles. The van der Waals surface area contributed by atoms with Crippen LogP contribution in [-0.4, -0.2) is 36.4 Å². The first kappa shape index (κ1) is 12.2. The number of rotatable bonds is 6. The van der Waals surface area contributed by atoms with Gasteiger partial charge in [0.25, 0.3) is 0 Å². The predicted octanol–water partition coefficient (Wildman–Crippen LogP) is 1.52. The maximum absolute atomic E-state index is 4.76. The van der Waals surface area contributed by atoms with Crippen LogP contribution in [0.2, 0.25) is 0 Å². The van der Waals surface area contributed by atoms with Crippen molar-refractivity contribution in [2.24, 2.45) is 0 Å². The van der Waals surface area contributed by atoms with Gasteiger partial charge in [-0.2, -0.15) is 0 Å². The average molecular weight is 206 g/mol. The summed E-state index contributed by atoms with van der Waals surface area (Å²) in [6.07, 6.45) is 3.68. The fourth-order valence-electron chi connectivity index (χ4n) is 0.925. The summed E-state index contributed by atoms with van der Waals surface area (Å²) in [7, 11) is 4.20. The van der Waals surface area contributed by atoms with Crippen molar-refractivity contribution < 1.29 is 0 Å². The van der Waals surface area contributed by atoms with Crippen molar-refractivity contribution in [2.75, 3.05) is 27.2 Å². The summed E-state index contributed by atoms with van der Waals surface area (Å²) < 4.78 is 0.600. The van der Waals surface area contributed by atoms with Crippen LogP contribution >= 0.6 is 24.8 Å². The average Bonchev–Trinajstić information content (AvgIpc) is 1.95. The Balaban J connectivity index is 2.96. The van der Waals surface area contributed by atoms with Crippen LogP contribution in [0.5, 0.6) is 0 Å². The molecule has 12 heavy (non-hydrogen) atoms. The summed E-state index contributed by atoms with van der Waals surface area (Å²) in [6, 6.07) is 0. The van der Waals surface area contributed by atoms with Gasteiger partial charge in [0.1, 0.15) is 4.32 Å². The van der Waals surface area contributed by atoms with Gasteiger partial charge in [0.2, 0.25) is 0 Å². The molecule has 0 aromatic heterocycles. The Morgan fingerprint density at radius 3 is 2.50 bits per heavy atom. The number of hydrogen-bond donors (Lipinski definition) is 2. The summed E-state index contributed by atoms with van der Waals surface area (Å²) in [5.74, 6) is 0. The number of nitrogens with one attached hydrogen (secondary N) is 1. The van der Waals surface area contributed by atoms with Crippen molar-refractivity contribution in [3.63, 3.8) is 0 Å². The summed E-state index contributed by atoms with van der Waals surface area (Å²) >= 11 is 8.73.